The van der Waals surface area contributed by atoms with Crippen LogP contribution in [0.25, 0.3) is 0 Å². The number of carbonyl (C=O) groups excluding carboxylic acids is 1. The molecule has 1 N–H and O–H groups in total. The summed E-state index contributed by atoms with van der Waals surface area (Å²) in [4.78, 5) is 13.2. The van der Waals surface area contributed by atoms with Gasteiger partial charge in [0.25, 0.3) is 0 Å². The van der Waals surface area contributed by atoms with Crippen molar-refractivity contribution in [1.29, 1.82) is 0 Å². The fraction of sp³-hybridized carbons (Fsp3) is 0.533. The van der Waals surface area contributed by atoms with Crippen LogP contribution in [-0.2, 0) is 4.79 Å². The number of amides is 1. The number of rotatable bonds is 6. The highest BCUT2D eigenvalue weighted by molar-refractivity contribution is 5.94. The molecule has 1 fully saturated rings. The maximum absolute atomic E-state index is 12.1. The first-order valence-corrected chi connectivity index (χ1v) is 7.28. The fourth-order valence-corrected chi connectivity index (χ4v) is 2.32. The van der Waals surface area contributed by atoms with Crippen LogP contribution in [0.15, 0.2) is 24.3 Å². The van der Waals surface area contributed by atoms with Gasteiger partial charge in [-0.25, -0.2) is 0 Å². The van der Waals surface area contributed by atoms with Crippen molar-refractivity contribution in [2.75, 3.05) is 31.6 Å². The molecule has 2 rings (SSSR count). The fourth-order valence-electron chi connectivity index (χ4n) is 2.32. The lowest BCUT2D eigenvalue weighted by Crippen LogP contribution is -2.29. The summed E-state index contributed by atoms with van der Waals surface area (Å²) in [5, 5.41) is 1.79. The Morgan fingerprint density at radius 3 is 2.41 bits per heavy atom. The SMILES string of the molecule is O=C(Nc1ccc(OCCCN2CCCC2)cc1)C(F)(F)F. The van der Waals surface area contributed by atoms with E-state index in [-0.39, 0.29) is 5.69 Å². The number of nitrogens with one attached hydrogen (secondary N) is 1. The highest BCUT2D eigenvalue weighted by Crippen LogP contribution is 2.20. The zero-order valence-electron chi connectivity index (χ0n) is 12.2. The number of benzene rings is 1. The Morgan fingerprint density at radius 1 is 1.18 bits per heavy atom. The third kappa shape index (κ3) is 5.22. The van der Waals surface area contributed by atoms with E-state index in [4.69, 9.17) is 4.74 Å². The molecule has 1 amide bonds. The average Bonchev–Trinajstić information content (AvgIpc) is 2.97. The molecule has 4 nitrogen and oxygen atoms in total. The summed E-state index contributed by atoms with van der Waals surface area (Å²) in [6.07, 6.45) is -1.46. The second-order valence-corrected chi connectivity index (χ2v) is 5.23. The van der Waals surface area contributed by atoms with Gasteiger partial charge >= 0.3 is 12.1 Å². The van der Waals surface area contributed by atoms with Crippen LogP contribution in [-0.4, -0.2) is 43.2 Å². The average molecular weight is 316 g/mol. The van der Waals surface area contributed by atoms with Crippen LogP contribution in [0.1, 0.15) is 19.3 Å². The van der Waals surface area contributed by atoms with Gasteiger partial charge < -0.3 is 15.0 Å². The number of halogens is 3. The van der Waals surface area contributed by atoms with E-state index in [1.54, 1.807) is 17.4 Å². The molecule has 1 aliphatic heterocycles. The first-order valence-electron chi connectivity index (χ1n) is 7.28. The van der Waals surface area contributed by atoms with E-state index in [0.29, 0.717) is 12.4 Å². The number of anilines is 1. The van der Waals surface area contributed by atoms with Crippen molar-refractivity contribution in [3.63, 3.8) is 0 Å². The summed E-state index contributed by atoms with van der Waals surface area (Å²) < 4.78 is 41.9. The van der Waals surface area contributed by atoms with Gasteiger partial charge in [-0.2, -0.15) is 13.2 Å². The quantitative estimate of drug-likeness (QED) is 0.820. The molecule has 1 aromatic carbocycles. The minimum atomic E-state index is -4.88. The molecule has 0 radical (unpaired) electrons. The number of hydrogen-bond donors (Lipinski definition) is 1. The summed E-state index contributed by atoms with van der Waals surface area (Å²) in [5.41, 5.74) is 0.0896. The summed E-state index contributed by atoms with van der Waals surface area (Å²) in [5.74, 6) is -1.40. The van der Waals surface area contributed by atoms with E-state index >= 15 is 0 Å². The topological polar surface area (TPSA) is 41.6 Å². The Kier molecular flexibility index (Phi) is 5.65. The summed E-state index contributed by atoms with van der Waals surface area (Å²) >= 11 is 0. The van der Waals surface area contributed by atoms with E-state index in [1.807, 2.05) is 0 Å². The van der Waals surface area contributed by atoms with Gasteiger partial charge in [0.2, 0.25) is 0 Å². The van der Waals surface area contributed by atoms with Crippen LogP contribution in [0.4, 0.5) is 18.9 Å². The van der Waals surface area contributed by atoms with E-state index < -0.39 is 12.1 Å². The molecule has 1 heterocycles. The lowest BCUT2D eigenvalue weighted by atomic mass is 10.3. The Hall–Kier alpha value is -1.76. The maximum Gasteiger partial charge on any atom is 0.471 e. The van der Waals surface area contributed by atoms with Crippen molar-refractivity contribution in [1.82, 2.24) is 4.90 Å². The minimum Gasteiger partial charge on any atom is -0.494 e. The number of alkyl halides is 3. The lowest BCUT2D eigenvalue weighted by Gasteiger charge is -2.14. The van der Waals surface area contributed by atoms with E-state index in [2.05, 4.69) is 4.90 Å². The molecule has 1 saturated heterocycles. The van der Waals surface area contributed by atoms with Gasteiger partial charge in [0.1, 0.15) is 5.75 Å². The first kappa shape index (κ1) is 16.6. The van der Waals surface area contributed by atoms with E-state index in [9.17, 15) is 18.0 Å². The number of nitrogens with zero attached hydrogens (tertiary/aromatic N) is 1. The molecular weight excluding hydrogens is 297 g/mol. The van der Waals surface area contributed by atoms with Crippen LogP contribution < -0.4 is 10.1 Å². The molecule has 0 saturated carbocycles. The van der Waals surface area contributed by atoms with Gasteiger partial charge in [0.15, 0.2) is 0 Å². The van der Waals surface area contributed by atoms with Gasteiger partial charge in [-0.3, -0.25) is 4.79 Å². The maximum atomic E-state index is 12.1. The number of hydrogen-bond acceptors (Lipinski definition) is 3. The standard InChI is InChI=1S/C15H19F3N2O2/c16-15(17,18)14(21)19-12-4-6-13(7-5-12)22-11-3-10-20-8-1-2-9-20/h4-7H,1-3,8-11H2,(H,19,21). The Bertz CT molecular complexity index is 483. The van der Waals surface area contributed by atoms with E-state index in [0.717, 1.165) is 26.1 Å². The summed E-state index contributed by atoms with van der Waals surface area (Å²) in [6.45, 7) is 3.85. The lowest BCUT2D eigenvalue weighted by molar-refractivity contribution is -0.167. The van der Waals surface area contributed by atoms with Crippen molar-refractivity contribution in [2.45, 2.75) is 25.4 Å². The van der Waals surface area contributed by atoms with Crippen molar-refractivity contribution < 1.29 is 22.7 Å². The monoisotopic (exact) mass is 316 g/mol. The Balaban J connectivity index is 1.71. The first-order chi connectivity index (χ1) is 10.4. The second kappa shape index (κ2) is 7.49. The summed E-state index contributed by atoms with van der Waals surface area (Å²) in [7, 11) is 0. The highest BCUT2D eigenvalue weighted by Gasteiger charge is 2.38. The van der Waals surface area contributed by atoms with Crippen molar-refractivity contribution in [3.8, 4) is 5.75 Å². The predicted molar refractivity (Wildman–Crippen MR) is 76.9 cm³/mol. The molecule has 0 atom stereocenters. The van der Waals surface area contributed by atoms with Crippen molar-refractivity contribution in [2.24, 2.45) is 0 Å². The van der Waals surface area contributed by atoms with Gasteiger partial charge in [-0.1, -0.05) is 0 Å². The van der Waals surface area contributed by atoms with Crippen LogP contribution in [0.5, 0.6) is 5.75 Å². The molecule has 0 bridgehead atoms. The number of ether oxygens (including phenoxy) is 1. The molecule has 1 aliphatic rings. The number of carbonyl (C=O) groups is 1. The normalized spacial score (nSPS) is 15.8. The third-order valence-electron chi connectivity index (χ3n) is 3.46. The zero-order valence-corrected chi connectivity index (χ0v) is 12.2. The molecule has 0 aliphatic carbocycles. The smallest absolute Gasteiger partial charge is 0.471 e. The molecule has 1 aromatic rings. The van der Waals surface area contributed by atoms with Gasteiger partial charge in [0, 0.05) is 12.2 Å². The molecule has 0 spiro atoms. The van der Waals surface area contributed by atoms with Crippen molar-refractivity contribution >= 4 is 11.6 Å². The highest BCUT2D eigenvalue weighted by atomic mass is 19.4. The van der Waals surface area contributed by atoms with Crippen LogP contribution in [0, 0.1) is 0 Å². The number of likely N-dealkylation sites (tertiary alicyclic amines) is 1. The van der Waals surface area contributed by atoms with Crippen LogP contribution in [0.2, 0.25) is 0 Å². The largest absolute Gasteiger partial charge is 0.494 e. The molecule has 7 heteroatoms. The minimum absolute atomic E-state index is 0.0896. The van der Waals surface area contributed by atoms with Gasteiger partial charge in [-0.15, -0.1) is 0 Å². The van der Waals surface area contributed by atoms with Gasteiger partial charge in [-0.05, 0) is 56.6 Å². The van der Waals surface area contributed by atoms with Crippen molar-refractivity contribution in [3.05, 3.63) is 24.3 Å². The molecular formula is C15H19F3N2O2. The predicted octanol–water partition coefficient (Wildman–Crippen LogP) is 3.05. The Labute approximate surface area is 127 Å². The Morgan fingerprint density at radius 2 is 1.82 bits per heavy atom. The second-order valence-electron chi connectivity index (χ2n) is 5.23. The third-order valence-corrected chi connectivity index (χ3v) is 3.46. The molecule has 0 unspecified atom stereocenters. The van der Waals surface area contributed by atoms with Crippen LogP contribution >= 0.6 is 0 Å². The molecule has 22 heavy (non-hydrogen) atoms. The molecule has 0 aromatic heterocycles. The molecule has 122 valence electrons. The van der Waals surface area contributed by atoms with Gasteiger partial charge in [0.05, 0.1) is 6.61 Å². The van der Waals surface area contributed by atoms with E-state index in [1.165, 1.54) is 25.0 Å². The zero-order chi connectivity index (χ0) is 16.0. The summed E-state index contributed by atoms with van der Waals surface area (Å²) in [6, 6.07) is 5.86. The van der Waals surface area contributed by atoms with Crippen LogP contribution in [0.3, 0.4) is 0 Å².